The molecule has 0 aliphatic rings. The summed E-state index contributed by atoms with van der Waals surface area (Å²) >= 11 is 3.50. The lowest BCUT2D eigenvalue weighted by Crippen LogP contribution is -2.36. The van der Waals surface area contributed by atoms with E-state index in [-0.39, 0.29) is 24.0 Å². The van der Waals surface area contributed by atoms with Gasteiger partial charge in [-0.1, -0.05) is 40.2 Å². The number of pyridine rings is 1. The van der Waals surface area contributed by atoms with E-state index in [1.165, 1.54) is 16.7 Å². The SMILES string of the molecule is CN=C(NCc1ccc(Br)cc1C)NCc1ccnc2ccccc12.I. The van der Waals surface area contributed by atoms with E-state index in [9.17, 15) is 0 Å². The van der Waals surface area contributed by atoms with Gasteiger partial charge in [0.05, 0.1) is 5.52 Å². The Morgan fingerprint density at radius 1 is 1.04 bits per heavy atom. The molecule has 1 heterocycles. The second kappa shape index (κ2) is 9.87. The molecule has 2 N–H and O–H groups in total. The zero-order valence-electron chi connectivity index (χ0n) is 14.8. The van der Waals surface area contributed by atoms with Gasteiger partial charge in [0.1, 0.15) is 0 Å². The fraction of sp³-hybridized carbons (Fsp3) is 0.200. The van der Waals surface area contributed by atoms with Crippen LogP contribution in [0, 0.1) is 6.92 Å². The van der Waals surface area contributed by atoms with Crippen LogP contribution in [0.15, 0.2) is 64.2 Å². The number of hydrogen-bond acceptors (Lipinski definition) is 2. The maximum atomic E-state index is 4.40. The smallest absolute Gasteiger partial charge is 0.191 e. The summed E-state index contributed by atoms with van der Waals surface area (Å²) in [5, 5.41) is 7.92. The minimum atomic E-state index is 0. The van der Waals surface area contributed by atoms with Gasteiger partial charge in [0.15, 0.2) is 5.96 Å². The number of rotatable bonds is 4. The normalized spacial score (nSPS) is 11.1. The van der Waals surface area contributed by atoms with Gasteiger partial charge in [-0.3, -0.25) is 9.98 Å². The largest absolute Gasteiger partial charge is 0.352 e. The lowest BCUT2D eigenvalue weighted by atomic mass is 10.1. The molecule has 0 amide bonds. The fourth-order valence-electron chi connectivity index (χ4n) is 2.75. The minimum absolute atomic E-state index is 0. The van der Waals surface area contributed by atoms with Gasteiger partial charge in [-0.2, -0.15) is 0 Å². The van der Waals surface area contributed by atoms with Crippen molar-refractivity contribution in [2.45, 2.75) is 20.0 Å². The summed E-state index contributed by atoms with van der Waals surface area (Å²) in [6.45, 7) is 3.54. The highest BCUT2D eigenvalue weighted by atomic mass is 127. The van der Waals surface area contributed by atoms with Gasteiger partial charge in [0, 0.05) is 36.2 Å². The first kappa shape index (κ1) is 20.6. The van der Waals surface area contributed by atoms with Crippen molar-refractivity contribution in [3.8, 4) is 0 Å². The highest BCUT2D eigenvalue weighted by Crippen LogP contribution is 2.16. The molecular formula is C20H22BrIN4. The number of halogens is 2. The number of hydrogen-bond donors (Lipinski definition) is 2. The predicted molar refractivity (Wildman–Crippen MR) is 123 cm³/mol. The van der Waals surface area contributed by atoms with Gasteiger partial charge in [-0.25, -0.2) is 0 Å². The molecule has 0 bridgehead atoms. The van der Waals surface area contributed by atoms with Crippen LogP contribution in [0.25, 0.3) is 10.9 Å². The summed E-state index contributed by atoms with van der Waals surface area (Å²) in [5.74, 6) is 0.781. The lowest BCUT2D eigenvalue weighted by Gasteiger charge is -2.14. The zero-order chi connectivity index (χ0) is 17.6. The van der Waals surface area contributed by atoms with Crippen molar-refractivity contribution in [3.05, 3.63) is 75.9 Å². The Balaban J connectivity index is 0.00000243. The van der Waals surface area contributed by atoms with Crippen LogP contribution in [0.1, 0.15) is 16.7 Å². The summed E-state index contributed by atoms with van der Waals surface area (Å²) in [6.07, 6.45) is 1.85. The summed E-state index contributed by atoms with van der Waals surface area (Å²) in [6, 6.07) is 16.5. The second-order valence-corrected chi connectivity index (χ2v) is 6.75. The van der Waals surface area contributed by atoms with Gasteiger partial charge >= 0.3 is 0 Å². The Morgan fingerprint density at radius 2 is 1.77 bits per heavy atom. The molecule has 0 unspecified atom stereocenters. The Labute approximate surface area is 179 Å². The minimum Gasteiger partial charge on any atom is -0.352 e. The number of para-hydroxylation sites is 1. The molecule has 3 aromatic rings. The molecule has 2 aromatic carbocycles. The summed E-state index contributed by atoms with van der Waals surface area (Å²) < 4.78 is 1.10. The Morgan fingerprint density at radius 3 is 2.50 bits per heavy atom. The van der Waals surface area contributed by atoms with E-state index in [0.717, 1.165) is 27.9 Å². The highest BCUT2D eigenvalue weighted by Gasteiger charge is 2.04. The van der Waals surface area contributed by atoms with E-state index >= 15 is 0 Å². The third-order valence-corrected chi connectivity index (χ3v) is 4.65. The number of aryl methyl sites for hydroxylation is 1. The molecule has 0 saturated heterocycles. The van der Waals surface area contributed by atoms with Crippen molar-refractivity contribution in [3.63, 3.8) is 0 Å². The van der Waals surface area contributed by atoms with Crippen LogP contribution in [0.3, 0.4) is 0 Å². The van der Waals surface area contributed by atoms with Crippen LogP contribution in [0.2, 0.25) is 0 Å². The van der Waals surface area contributed by atoms with Crippen molar-refractivity contribution in [2.75, 3.05) is 7.05 Å². The summed E-state index contributed by atoms with van der Waals surface area (Å²) in [5.41, 5.74) is 4.71. The van der Waals surface area contributed by atoms with Gasteiger partial charge in [-0.15, -0.1) is 24.0 Å². The molecule has 0 spiro atoms. The molecular weight excluding hydrogens is 503 g/mol. The second-order valence-electron chi connectivity index (χ2n) is 5.84. The topological polar surface area (TPSA) is 49.3 Å². The van der Waals surface area contributed by atoms with Gasteiger partial charge in [-0.05, 0) is 47.9 Å². The van der Waals surface area contributed by atoms with E-state index in [4.69, 9.17) is 0 Å². The molecule has 0 aliphatic heterocycles. The Kier molecular flexibility index (Phi) is 7.84. The third-order valence-electron chi connectivity index (χ3n) is 4.16. The molecule has 0 fully saturated rings. The maximum Gasteiger partial charge on any atom is 0.191 e. The average Bonchev–Trinajstić information content (AvgIpc) is 2.63. The zero-order valence-corrected chi connectivity index (χ0v) is 18.7. The van der Waals surface area contributed by atoms with Crippen molar-refractivity contribution in [1.29, 1.82) is 0 Å². The monoisotopic (exact) mass is 524 g/mol. The van der Waals surface area contributed by atoms with Gasteiger partial charge < -0.3 is 10.6 Å². The number of benzene rings is 2. The molecule has 26 heavy (non-hydrogen) atoms. The Bertz CT molecular complexity index is 906. The first-order valence-corrected chi connectivity index (χ1v) is 8.99. The van der Waals surface area contributed by atoms with E-state index in [2.05, 4.69) is 67.7 Å². The molecule has 0 saturated carbocycles. The molecule has 0 aliphatic carbocycles. The van der Waals surface area contributed by atoms with Crippen LogP contribution in [-0.2, 0) is 13.1 Å². The lowest BCUT2D eigenvalue weighted by molar-refractivity contribution is 0.808. The molecule has 136 valence electrons. The Hall–Kier alpha value is -1.67. The van der Waals surface area contributed by atoms with Crippen molar-refractivity contribution >= 4 is 56.8 Å². The van der Waals surface area contributed by atoms with Crippen LogP contribution < -0.4 is 10.6 Å². The molecule has 3 rings (SSSR count). The van der Waals surface area contributed by atoms with Crippen LogP contribution in [0.5, 0.6) is 0 Å². The van der Waals surface area contributed by atoms with Crippen molar-refractivity contribution < 1.29 is 0 Å². The number of nitrogens with one attached hydrogen (secondary N) is 2. The van der Waals surface area contributed by atoms with Crippen LogP contribution >= 0.6 is 39.9 Å². The average molecular weight is 525 g/mol. The first-order chi connectivity index (χ1) is 12.2. The molecule has 0 atom stereocenters. The van der Waals surface area contributed by atoms with Crippen molar-refractivity contribution in [1.82, 2.24) is 15.6 Å². The fourth-order valence-corrected chi connectivity index (χ4v) is 3.22. The first-order valence-electron chi connectivity index (χ1n) is 8.19. The van der Waals surface area contributed by atoms with E-state index in [1.807, 2.05) is 30.5 Å². The molecule has 6 heteroatoms. The number of aliphatic imine (C=N–C) groups is 1. The standard InChI is InChI=1S/C20H21BrN4.HI/c1-14-11-17(21)8-7-15(14)12-24-20(22-2)25-13-16-9-10-23-19-6-4-3-5-18(16)19;/h3-11H,12-13H2,1-2H3,(H2,22,24,25);1H. The van der Waals surface area contributed by atoms with E-state index in [1.54, 1.807) is 7.05 Å². The van der Waals surface area contributed by atoms with Crippen LogP contribution in [-0.4, -0.2) is 18.0 Å². The van der Waals surface area contributed by atoms with E-state index in [0.29, 0.717) is 6.54 Å². The van der Waals surface area contributed by atoms with E-state index < -0.39 is 0 Å². The number of guanidine groups is 1. The molecule has 4 nitrogen and oxygen atoms in total. The number of nitrogens with zero attached hydrogens (tertiary/aromatic N) is 2. The maximum absolute atomic E-state index is 4.40. The summed E-state index contributed by atoms with van der Waals surface area (Å²) in [4.78, 5) is 8.72. The predicted octanol–water partition coefficient (Wildman–Crippen LogP) is 4.79. The summed E-state index contributed by atoms with van der Waals surface area (Å²) in [7, 11) is 1.79. The highest BCUT2D eigenvalue weighted by molar-refractivity contribution is 14.0. The molecule has 1 aromatic heterocycles. The van der Waals surface area contributed by atoms with Gasteiger partial charge in [0.25, 0.3) is 0 Å². The van der Waals surface area contributed by atoms with Crippen molar-refractivity contribution in [2.24, 2.45) is 4.99 Å². The van der Waals surface area contributed by atoms with Gasteiger partial charge in [0.2, 0.25) is 0 Å². The quantitative estimate of drug-likeness (QED) is 0.293. The number of aromatic nitrogens is 1. The number of fused-ring (bicyclic) bond motifs is 1. The van der Waals surface area contributed by atoms with Crippen LogP contribution in [0.4, 0.5) is 0 Å². The molecule has 0 radical (unpaired) electrons. The third kappa shape index (κ3) is 5.17.